The lowest BCUT2D eigenvalue weighted by molar-refractivity contribution is -0.123. The molecule has 0 unspecified atom stereocenters. The molecule has 3 amide bonds. The van der Waals surface area contributed by atoms with Gasteiger partial charge in [-0.3, -0.25) is 14.8 Å². The number of para-hydroxylation sites is 1. The van der Waals surface area contributed by atoms with Crippen LogP contribution in [0.15, 0.2) is 53.4 Å². The van der Waals surface area contributed by atoms with Crippen LogP contribution in [0, 0.1) is 0 Å². The minimum Gasteiger partial charge on any atom is -0.452 e. The summed E-state index contributed by atoms with van der Waals surface area (Å²) in [7, 11) is -3.99. The summed E-state index contributed by atoms with van der Waals surface area (Å²) in [4.78, 5) is 36.1. The van der Waals surface area contributed by atoms with Crippen LogP contribution in [0.4, 0.5) is 10.5 Å². The summed E-state index contributed by atoms with van der Waals surface area (Å²) in [5.74, 6) is -1.72. The standard InChI is InChI=1S/C21H22ClN3O6S/c22-14-9-11-16(12-10-14)32(29,30)25-18-8-4-3-7-17(18)20(27)31-13-19(26)24-21(28)23-15-5-1-2-6-15/h3-4,7-12,15,25H,1-2,5-6,13H2,(H2,23,24,26,28). The van der Waals surface area contributed by atoms with Gasteiger partial charge < -0.3 is 10.1 Å². The number of halogens is 1. The van der Waals surface area contributed by atoms with Crippen LogP contribution >= 0.6 is 11.6 Å². The van der Waals surface area contributed by atoms with Gasteiger partial charge in [0.2, 0.25) is 0 Å². The molecule has 0 radical (unpaired) electrons. The van der Waals surface area contributed by atoms with Crippen LogP contribution in [0.1, 0.15) is 36.0 Å². The summed E-state index contributed by atoms with van der Waals surface area (Å²) in [6.07, 6.45) is 3.77. The fourth-order valence-corrected chi connectivity index (χ4v) is 4.44. The monoisotopic (exact) mass is 479 g/mol. The Morgan fingerprint density at radius 1 is 1.00 bits per heavy atom. The van der Waals surface area contributed by atoms with Crippen molar-refractivity contribution in [3.05, 3.63) is 59.1 Å². The number of esters is 1. The third-order valence-electron chi connectivity index (χ3n) is 4.79. The minimum absolute atomic E-state index is 0.0214. The predicted octanol–water partition coefficient (Wildman–Crippen LogP) is 3.07. The molecule has 1 aliphatic rings. The predicted molar refractivity (Wildman–Crippen MR) is 118 cm³/mol. The van der Waals surface area contributed by atoms with Crippen LogP contribution in [-0.2, 0) is 19.6 Å². The maximum Gasteiger partial charge on any atom is 0.340 e. The van der Waals surface area contributed by atoms with Gasteiger partial charge in [0.15, 0.2) is 6.61 Å². The summed E-state index contributed by atoms with van der Waals surface area (Å²) < 4.78 is 32.5. The number of anilines is 1. The Hall–Kier alpha value is -3.11. The molecule has 1 fully saturated rings. The highest BCUT2D eigenvalue weighted by Crippen LogP contribution is 2.22. The Bertz CT molecular complexity index is 1100. The highest BCUT2D eigenvalue weighted by Gasteiger charge is 2.21. The van der Waals surface area contributed by atoms with Crippen LogP contribution in [0.25, 0.3) is 0 Å². The van der Waals surface area contributed by atoms with Crippen molar-refractivity contribution in [3.63, 3.8) is 0 Å². The van der Waals surface area contributed by atoms with Gasteiger partial charge in [-0.05, 0) is 49.2 Å². The van der Waals surface area contributed by atoms with E-state index in [-0.39, 0.29) is 22.2 Å². The number of nitrogens with one attached hydrogen (secondary N) is 3. The van der Waals surface area contributed by atoms with Crippen molar-refractivity contribution in [2.24, 2.45) is 0 Å². The molecule has 32 heavy (non-hydrogen) atoms. The number of hydrogen-bond donors (Lipinski definition) is 3. The average Bonchev–Trinajstić information content (AvgIpc) is 3.25. The highest BCUT2D eigenvalue weighted by atomic mass is 35.5. The number of carbonyl (C=O) groups excluding carboxylic acids is 3. The normalized spacial score (nSPS) is 13.9. The fourth-order valence-electron chi connectivity index (χ4n) is 3.23. The second kappa shape index (κ2) is 10.5. The number of carbonyl (C=O) groups is 3. The molecule has 1 saturated carbocycles. The Morgan fingerprint density at radius 2 is 1.66 bits per heavy atom. The number of imide groups is 1. The first-order chi connectivity index (χ1) is 15.2. The smallest absolute Gasteiger partial charge is 0.340 e. The van der Waals surface area contributed by atoms with Gasteiger partial charge in [0.25, 0.3) is 15.9 Å². The van der Waals surface area contributed by atoms with Crippen LogP contribution in [-0.4, -0.2) is 39.0 Å². The Balaban J connectivity index is 1.59. The molecule has 0 aromatic heterocycles. The minimum atomic E-state index is -3.99. The number of sulfonamides is 1. The molecule has 2 aromatic rings. The first-order valence-corrected chi connectivity index (χ1v) is 11.8. The van der Waals surface area contributed by atoms with Crippen molar-refractivity contribution in [3.8, 4) is 0 Å². The number of rotatable bonds is 7. The van der Waals surface area contributed by atoms with Crippen molar-refractivity contribution >= 4 is 45.2 Å². The zero-order chi connectivity index (χ0) is 23.1. The molecule has 2 aromatic carbocycles. The van der Waals surface area contributed by atoms with Crippen LogP contribution in [0.3, 0.4) is 0 Å². The summed E-state index contributed by atoms with van der Waals surface area (Å²) in [5.41, 5.74) is -0.111. The molecule has 0 spiro atoms. The Morgan fingerprint density at radius 3 is 2.34 bits per heavy atom. The third kappa shape index (κ3) is 6.44. The molecule has 0 bridgehead atoms. The number of benzene rings is 2. The van der Waals surface area contributed by atoms with Crippen LogP contribution < -0.4 is 15.4 Å². The maximum absolute atomic E-state index is 12.6. The first kappa shape index (κ1) is 23.6. The van der Waals surface area contributed by atoms with E-state index >= 15 is 0 Å². The quantitative estimate of drug-likeness (QED) is 0.523. The van der Waals surface area contributed by atoms with E-state index in [1.54, 1.807) is 0 Å². The third-order valence-corrected chi connectivity index (χ3v) is 6.43. The van der Waals surface area contributed by atoms with E-state index in [1.165, 1.54) is 48.5 Å². The lowest BCUT2D eigenvalue weighted by Gasteiger charge is -2.13. The van der Waals surface area contributed by atoms with Gasteiger partial charge in [-0.1, -0.05) is 36.6 Å². The van der Waals surface area contributed by atoms with E-state index in [0.717, 1.165) is 25.7 Å². The summed E-state index contributed by atoms with van der Waals surface area (Å²) in [6, 6.07) is 10.7. The topological polar surface area (TPSA) is 131 Å². The molecular formula is C21H22ClN3O6S. The Kier molecular flexibility index (Phi) is 7.70. The van der Waals surface area contributed by atoms with Gasteiger partial charge in [0.1, 0.15) is 0 Å². The SMILES string of the molecule is O=C(COC(=O)c1ccccc1NS(=O)(=O)c1ccc(Cl)cc1)NC(=O)NC1CCCC1. The lowest BCUT2D eigenvalue weighted by Crippen LogP contribution is -2.45. The largest absolute Gasteiger partial charge is 0.452 e. The molecule has 0 heterocycles. The van der Waals surface area contributed by atoms with Crippen molar-refractivity contribution in [1.82, 2.24) is 10.6 Å². The van der Waals surface area contributed by atoms with E-state index < -0.39 is 34.5 Å². The van der Waals surface area contributed by atoms with Gasteiger partial charge in [-0.2, -0.15) is 0 Å². The number of hydrogen-bond acceptors (Lipinski definition) is 6. The van der Waals surface area contributed by atoms with Crippen molar-refractivity contribution < 1.29 is 27.5 Å². The molecule has 170 valence electrons. The lowest BCUT2D eigenvalue weighted by atomic mass is 10.2. The summed E-state index contributed by atoms with van der Waals surface area (Å²) in [6.45, 7) is -0.699. The highest BCUT2D eigenvalue weighted by molar-refractivity contribution is 7.92. The number of ether oxygens (including phenoxy) is 1. The maximum atomic E-state index is 12.6. The van der Waals surface area contributed by atoms with Gasteiger partial charge >= 0.3 is 12.0 Å². The molecule has 0 saturated heterocycles. The fraction of sp³-hybridized carbons (Fsp3) is 0.286. The van der Waals surface area contributed by atoms with Crippen molar-refractivity contribution in [1.29, 1.82) is 0 Å². The number of urea groups is 1. The zero-order valence-corrected chi connectivity index (χ0v) is 18.5. The average molecular weight is 480 g/mol. The first-order valence-electron chi connectivity index (χ1n) is 9.89. The Labute approximate surface area is 190 Å². The molecule has 3 N–H and O–H groups in total. The molecule has 0 atom stereocenters. The molecule has 11 heteroatoms. The van der Waals surface area contributed by atoms with Gasteiger partial charge in [0, 0.05) is 11.1 Å². The van der Waals surface area contributed by atoms with Crippen LogP contribution in [0.2, 0.25) is 5.02 Å². The van der Waals surface area contributed by atoms with Crippen molar-refractivity contribution in [2.45, 2.75) is 36.6 Å². The van der Waals surface area contributed by atoms with Crippen molar-refractivity contribution in [2.75, 3.05) is 11.3 Å². The van der Waals surface area contributed by atoms with E-state index in [0.29, 0.717) is 5.02 Å². The molecular weight excluding hydrogens is 458 g/mol. The molecule has 3 rings (SSSR count). The van der Waals surface area contributed by atoms with Crippen LogP contribution in [0.5, 0.6) is 0 Å². The van der Waals surface area contributed by atoms with E-state index in [9.17, 15) is 22.8 Å². The number of amides is 3. The molecule has 0 aliphatic heterocycles. The molecule has 1 aliphatic carbocycles. The van der Waals surface area contributed by atoms with Gasteiger partial charge in [-0.25, -0.2) is 18.0 Å². The second-order valence-corrected chi connectivity index (χ2v) is 9.30. The zero-order valence-electron chi connectivity index (χ0n) is 17.0. The molecule has 9 nitrogen and oxygen atoms in total. The second-order valence-electron chi connectivity index (χ2n) is 7.18. The van der Waals surface area contributed by atoms with Gasteiger partial charge in [0.05, 0.1) is 16.1 Å². The summed E-state index contributed by atoms with van der Waals surface area (Å²) >= 11 is 5.79. The van der Waals surface area contributed by atoms with E-state index in [1.807, 2.05) is 0 Å². The van der Waals surface area contributed by atoms with E-state index in [2.05, 4.69) is 15.4 Å². The summed E-state index contributed by atoms with van der Waals surface area (Å²) in [5, 5.41) is 5.17. The van der Waals surface area contributed by atoms with Gasteiger partial charge in [-0.15, -0.1) is 0 Å². The van der Waals surface area contributed by atoms with E-state index in [4.69, 9.17) is 16.3 Å².